The lowest BCUT2D eigenvalue weighted by molar-refractivity contribution is 0.306. The number of ether oxygens (including phenoxy) is 1. The van der Waals surface area contributed by atoms with Gasteiger partial charge in [-0.3, -0.25) is 5.43 Å². The van der Waals surface area contributed by atoms with E-state index in [1.807, 2.05) is 54.8 Å². The van der Waals surface area contributed by atoms with Gasteiger partial charge in [0, 0.05) is 20.4 Å². The first-order chi connectivity index (χ1) is 12.1. The van der Waals surface area contributed by atoms with Crippen LogP contribution in [0.4, 0.5) is 5.13 Å². The lowest BCUT2D eigenvalue weighted by Gasteiger charge is -2.10. The minimum atomic E-state index is 0.433. The average molecular weight is 437 g/mol. The molecule has 0 unspecified atom stereocenters. The summed E-state index contributed by atoms with van der Waals surface area (Å²) < 4.78 is 6.88. The summed E-state index contributed by atoms with van der Waals surface area (Å²) in [6, 6.07) is 13.4. The van der Waals surface area contributed by atoms with Crippen molar-refractivity contribution in [2.75, 3.05) is 5.43 Å². The topological polar surface area (TPSA) is 46.5 Å². The Morgan fingerprint density at radius 1 is 1.32 bits per heavy atom. The molecule has 0 amide bonds. The van der Waals surface area contributed by atoms with Crippen molar-refractivity contribution < 1.29 is 4.74 Å². The Labute approximate surface area is 163 Å². The van der Waals surface area contributed by atoms with Crippen LogP contribution in [-0.4, -0.2) is 11.2 Å². The van der Waals surface area contributed by atoms with Crippen molar-refractivity contribution in [3.8, 4) is 5.75 Å². The number of nitrogens with one attached hydrogen (secondary N) is 1. The van der Waals surface area contributed by atoms with E-state index < -0.39 is 0 Å². The van der Waals surface area contributed by atoms with Gasteiger partial charge in [-0.2, -0.15) is 5.10 Å². The second-order valence-electron chi connectivity index (χ2n) is 5.26. The fourth-order valence-electron chi connectivity index (χ4n) is 2.10. The Morgan fingerprint density at radius 2 is 2.20 bits per heavy atom. The Balaban J connectivity index is 1.71. The number of aromatic nitrogens is 1. The number of hydrogen-bond acceptors (Lipinski definition) is 5. The minimum Gasteiger partial charge on any atom is -0.488 e. The fraction of sp³-hybridized carbons (Fsp3) is 0.111. The zero-order valence-corrected chi connectivity index (χ0v) is 16.5. The summed E-state index contributed by atoms with van der Waals surface area (Å²) in [5.74, 6) is 0.740. The standard InChI is InChI=1S/C18H15BrClN3OS/c1-12-11-25-18(22-12)23-21-9-14-8-15(19)5-6-17(14)24-10-13-3-2-4-16(20)7-13/h2-9,11H,10H2,1H3,(H,22,23). The number of hydrogen-bond donors (Lipinski definition) is 1. The van der Waals surface area contributed by atoms with Crippen molar-refractivity contribution in [2.45, 2.75) is 13.5 Å². The Bertz CT molecular complexity index is 898. The van der Waals surface area contributed by atoms with Crippen molar-refractivity contribution in [1.82, 2.24) is 4.98 Å². The minimum absolute atomic E-state index is 0.433. The number of nitrogens with zero attached hydrogens (tertiary/aromatic N) is 2. The van der Waals surface area contributed by atoms with E-state index in [-0.39, 0.29) is 0 Å². The van der Waals surface area contributed by atoms with E-state index >= 15 is 0 Å². The third-order valence-corrected chi connectivity index (χ3v) is 4.83. The van der Waals surface area contributed by atoms with Gasteiger partial charge in [-0.25, -0.2) is 4.98 Å². The molecule has 0 bridgehead atoms. The van der Waals surface area contributed by atoms with Crippen LogP contribution >= 0.6 is 38.9 Å². The maximum absolute atomic E-state index is 6.01. The SMILES string of the molecule is Cc1csc(NN=Cc2cc(Br)ccc2OCc2cccc(Cl)c2)n1. The van der Waals surface area contributed by atoms with Crippen LogP contribution in [0.5, 0.6) is 5.75 Å². The molecule has 1 N–H and O–H groups in total. The molecule has 0 saturated carbocycles. The van der Waals surface area contributed by atoms with Gasteiger partial charge >= 0.3 is 0 Å². The number of anilines is 1. The fourth-order valence-corrected chi connectivity index (χ4v) is 3.33. The molecule has 0 aliphatic heterocycles. The quantitative estimate of drug-likeness (QED) is 0.387. The first-order valence-electron chi connectivity index (χ1n) is 7.48. The van der Waals surface area contributed by atoms with Crippen LogP contribution in [0.2, 0.25) is 5.02 Å². The summed E-state index contributed by atoms with van der Waals surface area (Å²) >= 11 is 11.0. The molecule has 25 heavy (non-hydrogen) atoms. The molecule has 4 nitrogen and oxygen atoms in total. The molecule has 1 aromatic heterocycles. The highest BCUT2D eigenvalue weighted by Gasteiger charge is 2.04. The van der Waals surface area contributed by atoms with E-state index in [0.29, 0.717) is 11.6 Å². The first kappa shape index (κ1) is 17.9. The van der Waals surface area contributed by atoms with Gasteiger partial charge in [-0.1, -0.05) is 39.7 Å². The predicted octanol–water partition coefficient (Wildman–Crippen LogP) is 5.89. The summed E-state index contributed by atoms with van der Waals surface area (Å²) in [4.78, 5) is 4.31. The van der Waals surface area contributed by atoms with Gasteiger partial charge < -0.3 is 4.74 Å². The van der Waals surface area contributed by atoms with E-state index in [2.05, 4.69) is 31.4 Å². The number of aryl methyl sites for hydroxylation is 1. The number of rotatable bonds is 6. The first-order valence-corrected chi connectivity index (χ1v) is 9.53. The van der Waals surface area contributed by atoms with Crippen LogP contribution in [0.15, 0.2) is 57.4 Å². The van der Waals surface area contributed by atoms with Gasteiger partial charge in [0.1, 0.15) is 12.4 Å². The lowest BCUT2D eigenvalue weighted by Crippen LogP contribution is -1.99. The normalized spacial score (nSPS) is 11.0. The van der Waals surface area contributed by atoms with Gasteiger partial charge in [0.15, 0.2) is 0 Å². The molecule has 0 radical (unpaired) electrons. The van der Waals surface area contributed by atoms with Gasteiger partial charge in [0.2, 0.25) is 5.13 Å². The molecular weight excluding hydrogens is 422 g/mol. The number of benzene rings is 2. The molecule has 0 spiro atoms. The molecule has 0 aliphatic rings. The van der Waals surface area contributed by atoms with E-state index in [4.69, 9.17) is 16.3 Å². The smallest absolute Gasteiger partial charge is 0.203 e. The third kappa shape index (κ3) is 5.29. The highest BCUT2D eigenvalue weighted by molar-refractivity contribution is 9.10. The third-order valence-electron chi connectivity index (χ3n) is 3.24. The van der Waals surface area contributed by atoms with Crippen LogP contribution in [0.25, 0.3) is 0 Å². The molecule has 0 aliphatic carbocycles. The predicted molar refractivity (Wildman–Crippen MR) is 108 cm³/mol. The average Bonchev–Trinajstić information content (AvgIpc) is 2.99. The molecule has 2 aromatic carbocycles. The zero-order chi connectivity index (χ0) is 17.6. The van der Waals surface area contributed by atoms with E-state index in [1.54, 1.807) is 6.21 Å². The van der Waals surface area contributed by atoms with Crippen molar-refractivity contribution >= 4 is 50.2 Å². The zero-order valence-electron chi connectivity index (χ0n) is 13.4. The highest BCUT2D eigenvalue weighted by atomic mass is 79.9. The summed E-state index contributed by atoms with van der Waals surface area (Å²) in [6.45, 7) is 2.38. The molecule has 3 aromatic rings. The van der Waals surface area contributed by atoms with Crippen molar-refractivity contribution in [2.24, 2.45) is 5.10 Å². The van der Waals surface area contributed by atoms with Crippen LogP contribution in [-0.2, 0) is 6.61 Å². The summed E-state index contributed by atoms with van der Waals surface area (Å²) in [5.41, 5.74) is 5.77. The Hall–Kier alpha value is -1.89. The molecule has 3 rings (SSSR count). The summed E-state index contributed by atoms with van der Waals surface area (Å²) in [5, 5.41) is 7.67. The maximum Gasteiger partial charge on any atom is 0.203 e. The summed E-state index contributed by atoms with van der Waals surface area (Å²) in [7, 11) is 0. The van der Waals surface area contributed by atoms with Gasteiger partial charge in [-0.05, 0) is 42.8 Å². The van der Waals surface area contributed by atoms with Crippen molar-refractivity contribution in [3.05, 3.63) is 74.2 Å². The van der Waals surface area contributed by atoms with Gasteiger partial charge in [-0.15, -0.1) is 11.3 Å². The molecule has 0 atom stereocenters. The number of hydrazone groups is 1. The Kier molecular flexibility index (Phi) is 6.07. The molecule has 128 valence electrons. The second kappa shape index (κ2) is 8.47. The van der Waals surface area contributed by atoms with Gasteiger partial charge in [0.25, 0.3) is 0 Å². The molecule has 0 fully saturated rings. The largest absolute Gasteiger partial charge is 0.488 e. The van der Waals surface area contributed by atoms with Gasteiger partial charge in [0.05, 0.1) is 11.9 Å². The van der Waals surface area contributed by atoms with Crippen molar-refractivity contribution in [1.29, 1.82) is 0 Å². The maximum atomic E-state index is 6.01. The second-order valence-corrected chi connectivity index (χ2v) is 7.47. The highest BCUT2D eigenvalue weighted by Crippen LogP contribution is 2.23. The molecular formula is C18H15BrClN3OS. The van der Waals surface area contributed by atoms with Crippen LogP contribution in [0, 0.1) is 6.92 Å². The summed E-state index contributed by atoms with van der Waals surface area (Å²) in [6.07, 6.45) is 1.72. The van der Waals surface area contributed by atoms with Crippen LogP contribution in [0.1, 0.15) is 16.8 Å². The van der Waals surface area contributed by atoms with Crippen molar-refractivity contribution in [3.63, 3.8) is 0 Å². The van der Waals surface area contributed by atoms with E-state index in [9.17, 15) is 0 Å². The molecule has 0 saturated heterocycles. The monoisotopic (exact) mass is 435 g/mol. The van der Waals surface area contributed by atoms with Crippen LogP contribution in [0.3, 0.4) is 0 Å². The molecule has 1 heterocycles. The van der Waals surface area contributed by atoms with E-state index in [0.717, 1.165) is 32.2 Å². The Morgan fingerprint density at radius 3 is 2.96 bits per heavy atom. The van der Waals surface area contributed by atoms with E-state index in [1.165, 1.54) is 11.3 Å². The lowest BCUT2D eigenvalue weighted by atomic mass is 10.2. The van der Waals surface area contributed by atoms with Crippen LogP contribution < -0.4 is 10.2 Å². The molecule has 7 heteroatoms. The number of halogens is 2. The number of thiazole rings is 1.